The number of ether oxygens (including phenoxy) is 4. The van der Waals surface area contributed by atoms with Crippen LogP contribution in [0.5, 0.6) is 23.0 Å². The Morgan fingerprint density at radius 1 is 0.875 bits per heavy atom. The molecule has 0 aromatic heterocycles. The number of allylic oxidation sites excluding steroid dienone is 3. The van der Waals surface area contributed by atoms with E-state index in [2.05, 4.69) is 0 Å². The molecule has 0 heterocycles. The summed E-state index contributed by atoms with van der Waals surface area (Å²) in [7, 11) is 4.59. The third-order valence-corrected chi connectivity index (χ3v) is 4.31. The minimum atomic E-state index is -0.449. The molecule has 0 fully saturated rings. The summed E-state index contributed by atoms with van der Waals surface area (Å²) in [6.07, 6.45) is 7.41. The first-order valence-corrected chi connectivity index (χ1v) is 9.90. The largest absolute Gasteiger partial charge is 0.508 e. The number of benzene rings is 2. The molecular weight excluding hydrogens is 415 g/mol. The fraction of sp³-hybridized carbons (Fsp3) is 0.240. The van der Waals surface area contributed by atoms with Gasteiger partial charge in [0.25, 0.3) is 0 Å². The van der Waals surface area contributed by atoms with E-state index in [0.29, 0.717) is 35.0 Å². The summed E-state index contributed by atoms with van der Waals surface area (Å²) in [6, 6.07) is 10.4. The number of hydrogen-bond donors (Lipinski definition) is 1. The van der Waals surface area contributed by atoms with E-state index in [1.807, 2.05) is 0 Å². The molecule has 0 atom stereocenters. The summed E-state index contributed by atoms with van der Waals surface area (Å²) in [4.78, 5) is 12.1. The molecule has 7 heteroatoms. The van der Waals surface area contributed by atoms with E-state index < -0.39 is 6.67 Å². The number of aliphatic hydroxyl groups is 1. The summed E-state index contributed by atoms with van der Waals surface area (Å²) >= 11 is 0. The lowest BCUT2D eigenvalue weighted by Gasteiger charge is -2.10. The van der Waals surface area contributed by atoms with E-state index in [0.717, 1.165) is 11.6 Å². The van der Waals surface area contributed by atoms with Crippen molar-refractivity contribution in [2.45, 2.75) is 6.42 Å². The minimum absolute atomic E-state index is 0.191. The molecule has 1 N–H and O–H groups in total. The van der Waals surface area contributed by atoms with Crippen molar-refractivity contribution in [2.75, 3.05) is 34.6 Å². The molecule has 0 amide bonds. The van der Waals surface area contributed by atoms with E-state index in [9.17, 15) is 14.3 Å². The summed E-state index contributed by atoms with van der Waals surface area (Å²) in [5.41, 5.74) is 1.48. The molecule has 0 spiro atoms. The first kappa shape index (κ1) is 24.5. The van der Waals surface area contributed by atoms with Gasteiger partial charge in [0.1, 0.15) is 5.76 Å². The fourth-order valence-corrected chi connectivity index (χ4v) is 2.70. The predicted octanol–water partition coefficient (Wildman–Crippen LogP) is 5.19. The molecule has 0 unspecified atom stereocenters. The molecule has 0 saturated heterocycles. The van der Waals surface area contributed by atoms with Crippen LogP contribution < -0.4 is 18.9 Å². The molecule has 2 aromatic rings. The van der Waals surface area contributed by atoms with Crippen LogP contribution in [0, 0.1) is 0 Å². The monoisotopic (exact) mass is 442 g/mol. The van der Waals surface area contributed by atoms with Gasteiger partial charge in [-0.25, -0.2) is 0 Å². The number of aliphatic hydroxyl groups excluding tert-OH is 1. The number of hydrogen-bond acceptors (Lipinski definition) is 6. The molecule has 0 aliphatic carbocycles. The van der Waals surface area contributed by atoms with Crippen LogP contribution in [-0.4, -0.2) is 45.5 Å². The topological polar surface area (TPSA) is 74.2 Å². The van der Waals surface area contributed by atoms with Gasteiger partial charge in [0.15, 0.2) is 28.8 Å². The Morgan fingerprint density at radius 2 is 1.44 bits per heavy atom. The van der Waals surface area contributed by atoms with Gasteiger partial charge in [0.2, 0.25) is 0 Å². The van der Waals surface area contributed by atoms with Crippen molar-refractivity contribution in [1.29, 1.82) is 0 Å². The van der Waals surface area contributed by atoms with E-state index >= 15 is 0 Å². The number of ketones is 1. The number of methoxy groups -OCH3 is 3. The third-order valence-electron chi connectivity index (χ3n) is 4.31. The Balaban J connectivity index is 2.03. The highest BCUT2D eigenvalue weighted by Gasteiger charge is 2.05. The quantitative estimate of drug-likeness (QED) is 0.211. The van der Waals surface area contributed by atoms with Crippen LogP contribution in [0.15, 0.2) is 60.4 Å². The molecule has 0 radical (unpaired) electrons. The Morgan fingerprint density at radius 3 is 2.03 bits per heavy atom. The molecule has 170 valence electrons. The van der Waals surface area contributed by atoms with Crippen molar-refractivity contribution in [3.63, 3.8) is 0 Å². The van der Waals surface area contributed by atoms with Crippen LogP contribution in [0.3, 0.4) is 0 Å². The molecule has 0 aliphatic rings. The van der Waals surface area contributed by atoms with Gasteiger partial charge in [0.05, 0.1) is 34.6 Å². The smallest absolute Gasteiger partial charge is 0.182 e. The second kappa shape index (κ2) is 12.8. The van der Waals surface area contributed by atoms with Crippen molar-refractivity contribution < 1.29 is 33.2 Å². The van der Waals surface area contributed by atoms with E-state index in [-0.39, 0.29) is 18.1 Å². The van der Waals surface area contributed by atoms with Gasteiger partial charge in [-0.15, -0.1) is 0 Å². The second-order valence-electron chi connectivity index (χ2n) is 6.55. The van der Waals surface area contributed by atoms with Crippen LogP contribution >= 0.6 is 0 Å². The van der Waals surface area contributed by atoms with Crippen molar-refractivity contribution in [3.05, 3.63) is 71.5 Å². The predicted molar refractivity (Wildman–Crippen MR) is 122 cm³/mol. The van der Waals surface area contributed by atoms with E-state index in [1.165, 1.54) is 26.4 Å². The molecular formula is C25H27FO6. The molecule has 6 nitrogen and oxygen atoms in total. The van der Waals surface area contributed by atoms with Gasteiger partial charge in [-0.3, -0.25) is 9.18 Å². The lowest BCUT2D eigenvalue weighted by atomic mass is 10.1. The van der Waals surface area contributed by atoms with E-state index in [4.69, 9.17) is 18.9 Å². The van der Waals surface area contributed by atoms with Crippen molar-refractivity contribution in [1.82, 2.24) is 0 Å². The summed E-state index contributed by atoms with van der Waals surface area (Å²) in [5, 5.41) is 10.0. The average Bonchev–Trinajstić information content (AvgIpc) is 2.81. The van der Waals surface area contributed by atoms with Crippen LogP contribution in [0.4, 0.5) is 4.39 Å². The Hall–Kier alpha value is -3.74. The second-order valence-corrected chi connectivity index (χ2v) is 6.55. The maximum atomic E-state index is 12.2. The van der Waals surface area contributed by atoms with Gasteiger partial charge in [-0.2, -0.15) is 0 Å². The first-order valence-electron chi connectivity index (χ1n) is 9.90. The van der Waals surface area contributed by atoms with Crippen molar-refractivity contribution in [3.8, 4) is 23.0 Å². The highest BCUT2D eigenvalue weighted by molar-refractivity contribution is 6.02. The van der Waals surface area contributed by atoms with Crippen LogP contribution in [0.1, 0.15) is 17.5 Å². The Labute approximate surface area is 187 Å². The summed E-state index contributed by atoms with van der Waals surface area (Å²) in [6.45, 7) is -0.198. The minimum Gasteiger partial charge on any atom is -0.508 e. The summed E-state index contributed by atoms with van der Waals surface area (Å²) < 4.78 is 33.4. The Bertz CT molecular complexity index is 994. The highest BCUT2D eigenvalue weighted by Crippen LogP contribution is 2.29. The molecule has 2 aromatic carbocycles. The zero-order valence-electron chi connectivity index (χ0n) is 18.3. The van der Waals surface area contributed by atoms with Crippen LogP contribution in [0.25, 0.3) is 12.2 Å². The molecule has 32 heavy (non-hydrogen) atoms. The van der Waals surface area contributed by atoms with Gasteiger partial charge < -0.3 is 24.1 Å². The lowest BCUT2D eigenvalue weighted by Crippen LogP contribution is -2.00. The zero-order valence-corrected chi connectivity index (χ0v) is 18.3. The maximum absolute atomic E-state index is 12.2. The average molecular weight is 442 g/mol. The van der Waals surface area contributed by atoms with E-state index in [1.54, 1.807) is 55.7 Å². The van der Waals surface area contributed by atoms with Crippen LogP contribution in [0.2, 0.25) is 0 Å². The fourth-order valence-electron chi connectivity index (χ4n) is 2.70. The number of carbonyl (C=O) groups is 1. The normalized spacial score (nSPS) is 11.7. The number of alkyl halides is 1. The maximum Gasteiger partial charge on any atom is 0.182 e. The molecule has 2 rings (SSSR count). The molecule has 0 bridgehead atoms. The van der Waals surface area contributed by atoms with Gasteiger partial charge in [-0.05, 0) is 47.5 Å². The standard InChI is InChI=1S/C25H27FO6/c1-29-22-11-7-18(15-24(22)30-2)5-9-20(27)17-21(28)10-6-19-8-12-23(25(16-19)31-3)32-14-4-13-26/h5-12,15-17,27H,4,13-14H2,1-3H3/b9-5+,10-6+,20-17?. The molecule has 0 saturated carbocycles. The van der Waals surface area contributed by atoms with Gasteiger partial charge in [-0.1, -0.05) is 24.3 Å². The first-order chi connectivity index (χ1) is 15.5. The zero-order chi connectivity index (χ0) is 23.3. The highest BCUT2D eigenvalue weighted by atomic mass is 19.1. The summed E-state index contributed by atoms with van der Waals surface area (Å²) in [5.74, 6) is 1.56. The van der Waals surface area contributed by atoms with Crippen molar-refractivity contribution >= 4 is 17.9 Å². The van der Waals surface area contributed by atoms with Gasteiger partial charge in [0, 0.05) is 12.5 Å². The Kier molecular flexibility index (Phi) is 9.84. The van der Waals surface area contributed by atoms with Crippen molar-refractivity contribution in [2.24, 2.45) is 0 Å². The third kappa shape index (κ3) is 7.50. The lowest BCUT2D eigenvalue weighted by molar-refractivity contribution is -0.110. The van der Waals surface area contributed by atoms with Crippen LogP contribution in [-0.2, 0) is 4.79 Å². The number of halogens is 1. The number of rotatable bonds is 12. The van der Waals surface area contributed by atoms with Gasteiger partial charge >= 0.3 is 0 Å². The molecule has 0 aliphatic heterocycles. The SMILES string of the molecule is COc1ccc(/C=C/C(O)=CC(=O)/C=C/c2ccc(OCCCF)c(OC)c2)cc1OC. The number of carbonyl (C=O) groups excluding carboxylic acids is 1.